The van der Waals surface area contributed by atoms with Crippen LogP contribution in [0.2, 0.25) is 0 Å². The van der Waals surface area contributed by atoms with Gasteiger partial charge in [0.2, 0.25) is 5.88 Å². The Labute approximate surface area is 94.6 Å². The van der Waals surface area contributed by atoms with Gasteiger partial charge in [0.05, 0.1) is 0 Å². The summed E-state index contributed by atoms with van der Waals surface area (Å²) in [5, 5.41) is 19.6. The smallest absolute Gasteiger partial charge is 0.201 e. The van der Waals surface area contributed by atoms with Crippen molar-refractivity contribution in [3.63, 3.8) is 0 Å². The SMILES string of the molecule is CCn1c(O)cc(-c2ccc(C)cc2)c1O. The minimum atomic E-state index is 0.0931. The second kappa shape index (κ2) is 3.93. The van der Waals surface area contributed by atoms with Crippen LogP contribution in [0.15, 0.2) is 30.3 Å². The average molecular weight is 217 g/mol. The Morgan fingerprint density at radius 3 is 2.25 bits per heavy atom. The maximum Gasteiger partial charge on any atom is 0.201 e. The number of benzene rings is 1. The predicted molar refractivity (Wildman–Crippen MR) is 63.6 cm³/mol. The number of hydrogen-bond acceptors (Lipinski definition) is 2. The minimum absolute atomic E-state index is 0.0931. The van der Waals surface area contributed by atoms with Gasteiger partial charge in [0, 0.05) is 18.2 Å². The summed E-state index contributed by atoms with van der Waals surface area (Å²) in [6, 6.07) is 9.42. The van der Waals surface area contributed by atoms with Gasteiger partial charge in [-0.05, 0) is 19.4 Å². The van der Waals surface area contributed by atoms with Crippen molar-refractivity contribution >= 4 is 0 Å². The Morgan fingerprint density at radius 2 is 1.75 bits per heavy atom. The molecule has 3 heteroatoms. The van der Waals surface area contributed by atoms with Gasteiger partial charge in [-0.1, -0.05) is 29.8 Å². The highest BCUT2D eigenvalue weighted by Gasteiger charge is 2.13. The van der Waals surface area contributed by atoms with E-state index in [1.807, 2.05) is 38.1 Å². The van der Waals surface area contributed by atoms with Crippen molar-refractivity contribution in [1.29, 1.82) is 0 Å². The quantitative estimate of drug-likeness (QED) is 0.812. The zero-order valence-electron chi connectivity index (χ0n) is 9.44. The molecule has 0 aliphatic rings. The molecule has 16 heavy (non-hydrogen) atoms. The molecule has 1 aromatic carbocycles. The lowest BCUT2D eigenvalue weighted by molar-refractivity contribution is 0.374. The van der Waals surface area contributed by atoms with Crippen molar-refractivity contribution < 1.29 is 10.2 Å². The van der Waals surface area contributed by atoms with E-state index in [0.29, 0.717) is 12.1 Å². The standard InChI is InChI=1S/C13H15NO2/c1-3-14-12(15)8-11(13(14)16)10-6-4-9(2)5-7-10/h4-8,15-16H,3H2,1-2H3. The van der Waals surface area contributed by atoms with Crippen LogP contribution in [-0.2, 0) is 6.54 Å². The fourth-order valence-corrected chi connectivity index (χ4v) is 1.78. The topological polar surface area (TPSA) is 45.4 Å². The summed E-state index contributed by atoms with van der Waals surface area (Å²) < 4.78 is 1.47. The Hall–Kier alpha value is -1.90. The molecular weight excluding hydrogens is 202 g/mol. The largest absolute Gasteiger partial charge is 0.494 e. The summed E-state index contributed by atoms with van der Waals surface area (Å²) in [4.78, 5) is 0. The lowest BCUT2D eigenvalue weighted by atomic mass is 10.1. The maximum absolute atomic E-state index is 9.94. The summed E-state index contributed by atoms with van der Waals surface area (Å²) in [7, 11) is 0. The van der Waals surface area contributed by atoms with Crippen LogP contribution in [0.1, 0.15) is 12.5 Å². The van der Waals surface area contributed by atoms with Crippen molar-refractivity contribution in [3.05, 3.63) is 35.9 Å². The van der Waals surface area contributed by atoms with Crippen molar-refractivity contribution in [2.24, 2.45) is 0 Å². The summed E-state index contributed by atoms with van der Waals surface area (Å²) >= 11 is 0. The normalized spacial score (nSPS) is 10.6. The molecule has 84 valence electrons. The predicted octanol–water partition coefficient (Wildman–Crippen LogP) is 2.89. The van der Waals surface area contributed by atoms with E-state index in [2.05, 4.69) is 0 Å². The minimum Gasteiger partial charge on any atom is -0.494 e. The monoisotopic (exact) mass is 217 g/mol. The molecule has 0 bridgehead atoms. The van der Waals surface area contributed by atoms with Crippen LogP contribution in [0.3, 0.4) is 0 Å². The van der Waals surface area contributed by atoms with Crippen molar-refractivity contribution in [2.75, 3.05) is 0 Å². The number of aryl methyl sites for hydroxylation is 1. The summed E-state index contributed by atoms with van der Waals surface area (Å²) in [5.74, 6) is 0.208. The third kappa shape index (κ3) is 1.65. The molecule has 0 saturated carbocycles. The lowest BCUT2D eigenvalue weighted by Gasteiger charge is -2.03. The van der Waals surface area contributed by atoms with Crippen LogP contribution < -0.4 is 0 Å². The molecule has 0 amide bonds. The molecule has 0 spiro atoms. The molecular formula is C13H15NO2. The fourth-order valence-electron chi connectivity index (χ4n) is 1.78. The van der Waals surface area contributed by atoms with Gasteiger partial charge in [0.25, 0.3) is 0 Å². The van der Waals surface area contributed by atoms with E-state index in [-0.39, 0.29) is 11.8 Å². The third-order valence-electron chi connectivity index (χ3n) is 2.73. The van der Waals surface area contributed by atoms with E-state index >= 15 is 0 Å². The summed E-state index contributed by atoms with van der Waals surface area (Å²) in [6.45, 7) is 4.43. The highest BCUT2D eigenvalue weighted by molar-refractivity contribution is 5.71. The van der Waals surface area contributed by atoms with Crippen LogP contribution in [0, 0.1) is 6.92 Å². The van der Waals surface area contributed by atoms with Crippen LogP contribution in [0.4, 0.5) is 0 Å². The average Bonchev–Trinajstić information content (AvgIpc) is 2.55. The fraction of sp³-hybridized carbons (Fsp3) is 0.231. The number of nitrogens with zero attached hydrogens (tertiary/aromatic N) is 1. The molecule has 0 atom stereocenters. The highest BCUT2D eigenvalue weighted by atomic mass is 16.3. The number of aromatic hydroxyl groups is 2. The van der Waals surface area contributed by atoms with Crippen LogP contribution in [-0.4, -0.2) is 14.8 Å². The Kier molecular flexibility index (Phi) is 2.60. The molecule has 2 aromatic rings. The second-order valence-electron chi connectivity index (χ2n) is 3.85. The second-order valence-corrected chi connectivity index (χ2v) is 3.85. The summed E-state index contributed by atoms with van der Waals surface area (Å²) in [5.41, 5.74) is 2.74. The molecule has 2 N–H and O–H groups in total. The van der Waals surface area contributed by atoms with Crippen LogP contribution in [0.5, 0.6) is 11.8 Å². The van der Waals surface area contributed by atoms with E-state index in [1.165, 1.54) is 10.1 Å². The van der Waals surface area contributed by atoms with Gasteiger partial charge in [0.1, 0.15) is 0 Å². The van der Waals surface area contributed by atoms with Crippen molar-refractivity contribution in [2.45, 2.75) is 20.4 Å². The van der Waals surface area contributed by atoms with Gasteiger partial charge < -0.3 is 10.2 Å². The molecule has 3 nitrogen and oxygen atoms in total. The van der Waals surface area contributed by atoms with Gasteiger partial charge in [-0.3, -0.25) is 4.57 Å². The molecule has 0 aliphatic carbocycles. The maximum atomic E-state index is 9.94. The first-order valence-electron chi connectivity index (χ1n) is 5.32. The van der Waals surface area contributed by atoms with E-state index < -0.39 is 0 Å². The number of rotatable bonds is 2. The van der Waals surface area contributed by atoms with E-state index in [9.17, 15) is 10.2 Å². The summed E-state index contributed by atoms with van der Waals surface area (Å²) in [6.07, 6.45) is 0. The zero-order chi connectivity index (χ0) is 11.7. The van der Waals surface area contributed by atoms with Gasteiger partial charge in [-0.2, -0.15) is 0 Å². The zero-order valence-corrected chi connectivity index (χ0v) is 9.44. The van der Waals surface area contributed by atoms with Crippen LogP contribution >= 0.6 is 0 Å². The first-order valence-corrected chi connectivity index (χ1v) is 5.32. The molecule has 2 rings (SSSR count). The lowest BCUT2D eigenvalue weighted by Crippen LogP contribution is -1.91. The number of aromatic nitrogens is 1. The molecule has 0 saturated heterocycles. The van der Waals surface area contributed by atoms with Gasteiger partial charge >= 0.3 is 0 Å². The Bertz CT molecular complexity index is 497. The van der Waals surface area contributed by atoms with Crippen molar-refractivity contribution in [1.82, 2.24) is 4.57 Å². The third-order valence-corrected chi connectivity index (χ3v) is 2.73. The first kappa shape index (κ1) is 10.6. The molecule has 0 fully saturated rings. The van der Waals surface area contributed by atoms with E-state index in [4.69, 9.17) is 0 Å². The van der Waals surface area contributed by atoms with Gasteiger partial charge in [0.15, 0.2) is 5.88 Å². The molecule has 0 radical (unpaired) electrons. The highest BCUT2D eigenvalue weighted by Crippen LogP contribution is 2.35. The Balaban J connectivity index is 2.52. The molecule has 0 unspecified atom stereocenters. The first-order chi connectivity index (χ1) is 7.63. The molecule has 1 heterocycles. The van der Waals surface area contributed by atoms with E-state index in [1.54, 1.807) is 6.07 Å². The molecule has 0 aliphatic heterocycles. The molecule has 1 aromatic heterocycles. The number of hydrogen-bond donors (Lipinski definition) is 2. The van der Waals surface area contributed by atoms with E-state index in [0.717, 1.165) is 5.56 Å². The van der Waals surface area contributed by atoms with Gasteiger partial charge in [-0.25, -0.2) is 0 Å². The Morgan fingerprint density at radius 1 is 1.12 bits per heavy atom. The van der Waals surface area contributed by atoms with Crippen LogP contribution in [0.25, 0.3) is 11.1 Å². The van der Waals surface area contributed by atoms with Gasteiger partial charge in [-0.15, -0.1) is 0 Å². The van der Waals surface area contributed by atoms with Crippen molar-refractivity contribution in [3.8, 4) is 22.9 Å².